The third-order valence-corrected chi connectivity index (χ3v) is 3.79. The summed E-state index contributed by atoms with van der Waals surface area (Å²) in [5.41, 5.74) is 7.73. The molecule has 1 aromatic carbocycles. The van der Waals surface area contributed by atoms with Gasteiger partial charge in [-0.3, -0.25) is 4.79 Å². The fraction of sp³-hybridized carbons (Fsp3) is 0.588. The second-order valence-electron chi connectivity index (χ2n) is 5.79. The molecule has 0 saturated heterocycles. The molecular weight excluding hydrogens is 262 g/mol. The lowest BCUT2D eigenvalue weighted by Crippen LogP contribution is -2.52. The summed E-state index contributed by atoms with van der Waals surface area (Å²) in [7, 11) is 0. The molecule has 0 saturated carbocycles. The number of nitrogens with two attached hydrogens (primary N) is 1. The normalized spacial score (nSPS) is 13.6. The molecule has 1 aromatic rings. The van der Waals surface area contributed by atoms with Crippen LogP contribution in [0.1, 0.15) is 39.2 Å². The molecule has 0 aliphatic rings. The molecule has 0 heterocycles. The lowest BCUT2D eigenvalue weighted by molar-refractivity contribution is -0.125. The van der Waals surface area contributed by atoms with Crippen molar-refractivity contribution >= 4 is 11.6 Å². The van der Waals surface area contributed by atoms with E-state index >= 15 is 0 Å². The number of carbonyl (C=O) groups excluding carboxylic acids is 1. The number of anilines is 1. The molecule has 0 aliphatic heterocycles. The van der Waals surface area contributed by atoms with Gasteiger partial charge in [-0.1, -0.05) is 31.5 Å². The summed E-state index contributed by atoms with van der Waals surface area (Å²) in [6.45, 7) is 10.4. The van der Waals surface area contributed by atoms with E-state index in [9.17, 15) is 4.79 Å². The van der Waals surface area contributed by atoms with E-state index in [2.05, 4.69) is 36.2 Å². The fourth-order valence-corrected chi connectivity index (χ4v) is 2.51. The van der Waals surface area contributed by atoms with Crippen molar-refractivity contribution < 1.29 is 4.79 Å². The minimum atomic E-state index is -0.769. The van der Waals surface area contributed by atoms with Crippen molar-refractivity contribution in [3.63, 3.8) is 0 Å². The van der Waals surface area contributed by atoms with Crippen LogP contribution in [0, 0.1) is 6.92 Å². The third kappa shape index (κ3) is 5.05. The standard InChI is InChI=1S/C17H29N3O/c1-5-11-17(4,18)16(21)19-12-13-20(6-2)15-10-8-7-9-14(15)3/h7-10H,5-6,11-13,18H2,1-4H3,(H,19,21). The highest BCUT2D eigenvalue weighted by Gasteiger charge is 2.26. The highest BCUT2D eigenvalue weighted by atomic mass is 16.2. The first-order valence-electron chi connectivity index (χ1n) is 7.80. The Bertz CT molecular complexity index is 457. The molecule has 21 heavy (non-hydrogen) atoms. The summed E-state index contributed by atoms with van der Waals surface area (Å²) in [6.07, 6.45) is 1.61. The van der Waals surface area contributed by atoms with Gasteiger partial charge in [-0.25, -0.2) is 0 Å². The Hall–Kier alpha value is -1.55. The maximum Gasteiger partial charge on any atom is 0.239 e. The molecule has 0 aliphatic carbocycles. The van der Waals surface area contributed by atoms with Gasteiger partial charge in [-0.05, 0) is 38.8 Å². The van der Waals surface area contributed by atoms with Crippen molar-refractivity contribution in [2.24, 2.45) is 5.73 Å². The number of hydrogen-bond donors (Lipinski definition) is 2. The number of hydrogen-bond acceptors (Lipinski definition) is 3. The van der Waals surface area contributed by atoms with Crippen molar-refractivity contribution in [2.45, 2.75) is 46.1 Å². The molecule has 0 bridgehead atoms. The number of rotatable bonds is 8. The summed E-state index contributed by atoms with van der Waals surface area (Å²) >= 11 is 0. The Morgan fingerprint density at radius 3 is 2.57 bits per heavy atom. The number of nitrogens with one attached hydrogen (secondary N) is 1. The molecule has 1 amide bonds. The van der Waals surface area contributed by atoms with Crippen molar-refractivity contribution in [3.8, 4) is 0 Å². The zero-order chi connectivity index (χ0) is 15.9. The van der Waals surface area contributed by atoms with Crippen LogP contribution in [-0.4, -0.2) is 31.1 Å². The Labute approximate surface area is 128 Å². The topological polar surface area (TPSA) is 58.4 Å². The van der Waals surface area contributed by atoms with E-state index in [1.54, 1.807) is 6.92 Å². The SMILES string of the molecule is CCCC(C)(N)C(=O)NCCN(CC)c1ccccc1C. The number of benzene rings is 1. The molecule has 0 radical (unpaired) electrons. The molecule has 1 atom stereocenters. The summed E-state index contributed by atoms with van der Waals surface area (Å²) < 4.78 is 0. The molecule has 0 aromatic heterocycles. The number of amides is 1. The molecule has 3 N–H and O–H groups in total. The molecule has 4 heteroatoms. The van der Waals surface area contributed by atoms with E-state index in [-0.39, 0.29) is 5.91 Å². The average Bonchev–Trinajstić information content (AvgIpc) is 2.44. The van der Waals surface area contributed by atoms with E-state index in [0.717, 1.165) is 19.5 Å². The van der Waals surface area contributed by atoms with Crippen LogP contribution in [-0.2, 0) is 4.79 Å². The maximum absolute atomic E-state index is 12.1. The van der Waals surface area contributed by atoms with Crippen LogP contribution < -0.4 is 16.0 Å². The van der Waals surface area contributed by atoms with E-state index in [4.69, 9.17) is 5.73 Å². The Morgan fingerprint density at radius 2 is 2.00 bits per heavy atom. The van der Waals surface area contributed by atoms with Crippen molar-refractivity contribution in [1.29, 1.82) is 0 Å². The third-order valence-electron chi connectivity index (χ3n) is 3.79. The quantitative estimate of drug-likeness (QED) is 0.773. The highest BCUT2D eigenvalue weighted by molar-refractivity contribution is 5.85. The second kappa shape index (κ2) is 8.03. The van der Waals surface area contributed by atoms with Crippen LogP contribution in [0.3, 0.4) is 0 Å². The van der Waals surface area contributed by atoms with Crippen LogP contribution >= 0.6 is 0 Å². The van der Waals surface area contributed by atoms with Gasteiger partial charge in [0.2, 0.25) is 5.91 Å². The number of aryl methyl sites for hydroxylation is 1. The fourth-order valence-electron chi connectivity index (χ4n) is 2.51. The van der Waals surface area contributed by atoms with E-state index < -0.39 is 5.54 Å². The van der Waals surface area contributed by atoms with Gasteiger partial charge in [0, 0.05) is 25.3 Å². The minimum absolute atomic E-state index is 0.0646. The van der Waals surface area contributed by atoms with E-state index in [0.29, 0.717) is 13.0 Å². The lowest BCUT2D eigenvalue weighted by atomic mass is 9.96. The molecular formula is C17H29N3O. The summed E-state index contributed by atoms with van der Waals surface area (Å²) in [6, 6.07) is 8.31. The van der Waals surface area contributed by atoms with Crippen LogP contribution in [0.4, 0.5) is 5.69 Å². The molecule has 1 rings (SSSR count). The summed E-state index contributed by atoms with van der Waals surface area (Å²) in [4.78, 5) is 14.3. The van der Waals surface area contributed by atoms with Gasteiger partial charge >= 0.3 is 0 Å². The molecule has 0 fully saturated rings. The van der Waals surface area contributed by atoms with Crippen molar-refractivity contribution in [2.75, 3.05) is 24.5 Å². The maximum atomic E-state index is 12.1. The van der Waals surface area contributed by atoms with E-state index in [1.807, 2.05) is 19.1 Å². The van der Waals surface area contributed by atoms with Gasteiger partial charge in [-0.2, -0.15) is 0 Å². The zero-order valence-corrected chi connectivity index (χ0v) is 13.8. The average molecular weight is 291 g/mol. The van der Waals surface area contributed by atoms with Gasteiger partial charge in [0.25, 0.3) is 0 Å². The number of likely N-dealkylation sites (N-methyl/N-ethyl adjacent to an activating group) is 1. The molecule has 118 valence electrons. The van der Waals surface area contributed by atoms with Crippen LogP contribution in [0.15, 0.2) is 24.3 Å². The van der Waals surface area contributed by atoms with Gasteiger partial charge in [0.15, 0.2) is 0 Å². The molecule has 4 nitrogen and oxygen atoms in total. The summed E-state index contributed by atoms with van der Waals surface area (Å²) in [5.74, 6) is -0.0646. The summed E-state index contributed by atoms with van der Waals surface area (Å²) in [5, 5.41) is 2.96. The highest BCUT2D eigenvalue weighted by Crippen LogP contribution is 2.18. The largest absolute Gasteiger partial charge is 0.370 e. The number of nitrogens with zero attached hydrogens (tertiary/aromatic N) is 1. The number of carbonyl (C=O) groups is 1. The minimum Gasteiger partial charge on any atom is -0.370 e. The Morgan fingerprint density at radius 1 is 1.33 bits per heavy atom. The van der Waals surface area contributed by atoms with E-state index in [1.165, 1.54) is 11.3 Å². The van der Waals surface area contributed by atoms with Gasteiger partial charge in [0.1, 0.15) is 0 Å². The molecule has 1 unspecified atom stereocenters. The molecule has 0 spiro atoms. The Balaban J connectivity index is 2.54. The lowest BCUT2D eigenvalue weighted by Gasteiger charge is -2.27. The second-order valence-corrected chi connectivity index (χ2v) is 5.79. The number of para-hydroxylation sites is 1. The Kier molecular flexibility index (Phi) is 6.69. The van der Waals surface area contributed by atoms with Gasteiger partial charge < -0.3 is 16.0 Å². The monoisotopic (exact) mass is 291 g/mol. The van der Waals surface area contributed by atoms with Crippen LogP contribution in [0.25, 0.3) is 0 Å². The van der Waals surface area contributed by atoms with Crippen molar-refractivity contribution in [1.82, 2.24) is 5.32 Å². The first-order valence-corrected chi connectivity index (χ1v) is 7.80. The predicted octanol–water partition coefficient (Wildman–Crippen LogP) is 2.46. The smallest absolute Gasteiger partial charge is 0.239 e. The van der Waals surface area contributed by atoms with Gasteiger partial charge in [-0.15, -0.1) is 0 Å². The predicted molar refractivity (Wildman–Crippen MR) is 89.6 cm³/mol. The van der Waals surface area contributed by atoms with Crippen LogP contribution in [0.5, 0.6) is 0 Å². The van der Waals surface area contributed by atoms with Crippen molar-refractivity contribution in [3.05, 3.63) is 29.8 Å². The first-order chi connectivity index (χ1) is 9.92. The van der Waals surface area contributed by atoms with Gasteiger partial charge in [0.05, 0.1) is 5.54 Å². The zero-order valence-electron chi connectivity index (χ0n) is 13.8. The van der Waals surface area contributed by atoms with Crippen LogP contribution in [0.2, 0.25) is 0 Å². The first kappa shape index (κ1) is 17.5.